The molecule has 0 fully saturated rings. The van der Waals surface area contributed by atoms with Crippen molar-refractivity contribution in [2.24, 2.45) is 0 Å². The fourth-order valence-electron chi connectivity index (χ4n) is 1.95. The molecule has 0 aliphatic rings. The van der Waals surface area contributed by atoms with Crippen molar-refractivity contribution in [1.29, 1.82) is 0 Å². The van der Waals surface area contributed by atoms with Gasteiger partial charge in [-0.05, 0) is 31.0 Å². The molecule has 0 aliphatic carbocycles. The number of nitrogen functional groups attached to an aromatic ring is 1. The standard InChI is InChI=1S/C17H21NOS/c1-3-10-19-15-8-5-9-16(17(15)18)20-12-14-7-4-6-13(2)11-14/h4-9,11H,3,10,12,18H2,1-2H3. The lowest BCUT2D eigenvalue weighted by molar-refractivity contribution is 0.318. The summed E-state index contributed by atoms with van der Waals surface area (Å²) >= 11 is 1.75. The topological polar surface area (TPSA) is 35.2 Å². The maximum atomic E-state index is 6.17. The van der Waals surface area contributed by atoms with Crippen molar-refractivity contribution < 1.29 is 4.74 Å². The zero-order chi connectivity index (χ0) is 14.4. The molecule has 0 spiro atoms. The van der Waals surface area contributed by atoms with Gasteiger partial charge in [0.15, 0.2) is 0 Å². The molecule has 0 saturated heterocycles. The number of hydrogen-bond acceptors (Lipinski definition) is 3. The van der Waals surface area contributed by atoms with Crippen molar-refractivity contribution in [2.45, 2.75) is 30.9 Å². The molecule has 2 aromatic rings. The SMILES string of the molecule is CCCOc1cccc(SCc2cccc(C)c2)c1N. The highest BCUT2D eigenvalue weighted by atomic mass is 32.2. The molecule has 2 aromatic carbocycles. The van der Waals surface area contributed by atoms with Crippen molar-refractivity contribution in [3.8, 4) is 5.75 Å². The van der Waals surface area contributed by atoms with Crippen LogP contribution >= 0.6 is 11.8 Å². The summed E-state index contributed by atoms with van der Waals surface area (Å²) in [4.78, 5) is 1.08. The summed E-state index contributed by atoms with van der Waals surface area (Å²) in [6.45, 7) is 4.91. The fraction of sp³-hybridized carbons (Fsp3) is 0.294. The maximum absolute atomic E-state index is 6.17. The van der Waals surface area contributed by atoms with Crippen LogP contribution < -0.4 is 10.5 Å². The molecule has 0 amide bonds. The Morgan fingerprint density at radius 2 is 1.95 bits per heavy atom. The zero-order valence-electron chi connectivity index (χ0n) is 12.1. The first-order valence-electron chi connectivity index (χ1n) is 6.90. The molecule has 0 unspecified atom stereocenters. The predicted molar refractivity (Wildman–Crippen MR) is 87.4 cm³/mol. The van der Waals surface area contributed by atoms with Crippen LogP contribution in [0.1, 0.15) is 24.5 Å². The van der Waals surface area contributed by atoms with Crippen LogP contribution in [-0.4, -0.2) is 6.61 Å². The summed E-state index contributed by atoms with van der Waals surface area (Å²) in [6.07, 6.45) is 0.986. The second-order valence-corrected chi connectivity index (χ2v) is 5.81. The van der Waals surface area contributed by atoms with E-state index >= 15 is 0 Å². The summed E-state index contributed by atoms with van der Waals surface area (Å²) < 4.78 is 5.66. The van der Waals surface area contributed by atoms with Crippen molar-refractivity contribution in [2.75, 3.05) is 12.3 Å². The van der Waals surface area contributed by atoms with Crippen LogP contribution in [0.4, 0.5) is 5.69 Å². The molecule has 0 radical (unpaired) electrons. The summed E-state index contributed by atoms with van der Waals surface area (Å²) in [5.74, 6) is 1.71. The maximum Gasteiger partial charge on any atom is 0.143 e. The van der Waals surface area contributed by atoms with E-state index in [0.29, 0.717) is 6.61 Å². The molecular weight excluding hydrogens is 266 g/mol. The van der Waals surface area contributed by atoms with Crippen molar-refractivity contribution in [3.05, 3.63) is 53.6 Å². The van der Waals surface area contributed by atoms with Crippen LogP contribution in [0.25, 0.3) is 0 Å². The highest BCUT2D eigenvalue weighted by Crippen LogP contribution is 2.34. The third kappa shape index (κ3) is 3.94. The molecule has 2 nitrogen and oxygen atoms in total. The van der Waals surface area contributed by atoms with Gasteiger partial charge < -0.3 is 10.5 Å². The molecule has 0 saturated carbocycles. The smallest absolute Gasteiger partial charge is 0.143 e. The van der Waals surface area contributed by atoms with Gasteiger partial charge in [0, 0.05) is 10.6 Å². The van der Waals surface area contributed by atoms with E-state index in [2.05, 4.69) is 44.2 Å². The Labute approximate surface area is 125 Å². The Kier molecular flexibility index (Phi) is 5.36. The van der Waals surface area contributed by atoms with E-state index in [1.807, 2.05) is 12.1 Å². The number of para-hydroxylation sites is 1. The van der Waals surface area contributed by atoms with Crippen LogP contribution in [0.2, 0.25) is 0 Å². The van der Waals surface area contributed by atoms with Gasteiger partial charge in [-0.1, -0.05) is 42.8 Å². The molecule has 0 aliphatic heterocycles. The number of anilines is 1. The number of hydrogen-bond donors (Lipinski definition) is 1. The first-order chi connectivity index (χ1) is 9.70. The van der Waals surface area contributed by atoms with Gasteiger partial charge in [0.05, 0.1) is 12.3 Å². The number of aryl methyl sites for hydroxylation is 1. The molecule has 0 atom stereocenters. The largest absolute Gasteiger partial charge is 0.491 e. The third-order valence-corrected chi connectivity index (χ3v) is 4.11. The van der Waals surface area contributed by atoms with E-state index in [1.54, 1.807) is 11.8 Å². The number of rotatable bonds is 6. The van der Waals surface area contributed by atoms with Crippen LogP contribution in [0.3, 0.4) is 0 Å². The Morgan fingerprint density at radius 3 is 2.70 bits per heavy atom. The minimum atomic E-state index is 0.705. The predicted octanol–water partition coefficient (Wildman–Crippen LogP) is 4.66. The lowest BCUT2D eigenvalue weighted by Gasteiger charge is -2.11. The normalized spacial score (nSPS) is 10.5. The zero-order valence-corrected chi connectivity index (χ0v) is 12.9. The molecule has 106 valence electrons. The first kappa shape index (κ1) is 14.8. The Balaban J connectivity index is 2.06. The van der Waals surface area contributed by atoms with Gasteiger partial charge >= 0.3 is 0 Å². The quantitative estimate of drug-likeness (QED) is 0.620. The molecule has 3 heteroatoms. The summed E-state index contributed by atoms with van der Waals surface area (Å²) in [7, 11) is 0. The summed E-state index contributed by atoms with van der Waals surface area (Å²) in [6, 6.07) is 14.5. The highest BCUT2D eigenvalue weighted by Gasteiger charge is 2.06. The first-order valence-corrected chi connectivity index (χ1v) is 7.89. The molecule has 20 heavy (non-hydrogen) atoms. The van der Waals surface area contributed by atoms with Crippen molar-refractivity contribution >= 4 is 17.4 Å². The van der Waals surface area contributed by atoms with Gasteiger partial charge in [0.25, 0.3) is 0 Å². The Hall–Kier alpha value is -1.61. The lowest BCUT2D eigenvalue weighted by Crippen LogP contribution is -2.00. The van der Waals surface area contributed by atoms with Gasteiger partial charge in [-0.25, -0.2) is 0 Å². The average Bonchev–Trinajstić information content (AvgIpc) is 2.45. The van der Waals surface area contributed by atoms with Crippen LogP contribution in [-0.2, 0) is 5.75 Å². The van der Waals surface area contributed by atoms with Gasteiger partial charge in [0.2, 0.25) is 0 Å². The molecule has 0 heterocycles. The van der Waals surface area contributed by atoms with Gasteiger partial charge in [-0.15, -0.1) is 11.8 Å². The molecule has 0 aromatic heterocycles. The van der Waals surface area contributed by atoms with E-state index in [0.717, 1.165) is 28.5 Å². The molecular formula is C17H21NOS. The Morgan fingerprint density at radius 1 is 1.15 bits per heavy atom. The second kappa shape index (κ2) is 7.25. The highest BCUT2D eigenvalue weighted by molar-refractivity contribution is 7.98. The fourth-order valence-corrected chi connectivity index (χ4v) is 2.88. The van der Waals surface area contributed by atoms with Crippen molar-refractivity contribution in [3.63, 3.8) is 0 Å². The number of thioether (sulfide) groups is 1. The van der Waals surface area contributed by atoms with E-state index in [4.69, 9.17) is 10.5 Å². The van der Waals surface area contributed by atoms with Gasteiger partial charge in [0.1, 0.15) is 5.75 Å². The van der Waals surface area contributed by atoms with Crippen LogP contribution in [0.15, 0.2) is 47.4 Å². The van der Waals surface area contributed by atoms with E-state index in [9.17, 15) is 0 Å². The van der Waals surface area contributed by atoms with Crippen molar-refractivity contribution in [1.82, 2.24) is 0 Å². The average molecular weight is 287 g/mol. The van der Waals surface area contributed by atoms with Gasteiger partial charge in [-0.2, -0.15) is 0 Å². The summed E-state index contributed by atoms with van der Waals surface area (Å²) in [5, 5.41) is 0. The Bertz CT molecular complexity index is 569. The molecule has 2 rings (SSSR count). The second-order valence-electron chi connectivity index (χ2n) is 4.79. The van der Waals surface area contributed by atoms with E-state index in [1.165, 1.54) is 11.1 Å². The molecule has 0 bridgehead atoms. The number of benzene rings is 2. The minimum Gasteiger partial charge on any atom is -0.491 e. The monoisotopic (exact) mass is 287 g/mol. The number of nitrogens with two attached hydrogens (primary N) is 1. The number of ether oxygens (including phenoxy) is 1. The van der Waals surface area contributed by atoms with E-state index < -0.39 is 0 Å². The van der Waals surface area contributed by atoms with Crippen LogP contribution in [0, 0.1) is 6.92 Å². The third-order valence-electron chi connectivity index (χ3n) is 2.96. The lowest BCUT2D eigenvalue weighted by atomic mass is 10.2. The van der Waals surface area contributed by atoms with E-state index in [-0.39, 0.29) is 0 Å². The molecule has 2 N–H and O–H groups in total. The minimum absolute atomic E-state index is 0.705. The summed E-state index contributed by atoms with van der Waals surface area (Å²) in [5.41, 5.74) is 9.52. The van der Waals surface area contributed by atoms with Gasteiger partial charge in [-0.3, -0.25) is 0 Å². The van der Waals surface area contributed by atoms with Crippen LogP contribution in [0.5, 0.6) is 5.75 Å².